The van der Waals surface area contributed by atoms with Gasteiger partial charge in [0, 0.05) is 29.8 Å². The first-order chi connectivity index (χ1) is 10.1. The maximum atomic E-state index is 10.8. The van der Waals surface area contributed by atoms with E-state index >= 15 is 0 Å². The molecule has 6 nitrogen and oxygen atoms in total. The number of nitro benzene ring substituents is 1. The van der Waals surface area contributed by atoms with Gasteiger partial charge >= 0.3 is 0 Å². The fraction of sp³-hybridized carbons (Fsp3) is 0.214. The number of ether oxygens (including phenoxy) is 1. The van der Waals surface area contributed by atoms with Crippen molar-refractivity contribution in [3.8, 4) is 5.88 Å². The first-order valence-electron chi connectivity index (χ1n) is 6.35. The minimum Gasteiger partial charge on any atom is -0.478 e. The lowest BCUT2D eigenvalue weighted by Gasteiger charge is -2.08. The van der Waals surface area contributed by atoms with Crippen molar-refractivity contribution in [2.45, 2.75) is 13.5 Å². The van der Waals surface area contributed by atoms with Crippen LogP contribution in [0.15, 0.2) is 36.5 Å². The Morgan fingerprint density at radius 2 is 2.19 bits per heavy atom. The lowest BCUT2D eigenvalue weighted by Crippen LogP contribution is -2.02. The summed E-state index contributed by atoms with van der Waals surface area (Å²) in [5, 5.41) is 14.3. The third-order valence-corrected chi connectivity index (χ3v) is 3.12. The van der Waals surface area contributed by atoms with Gasteiger partial charge in [0.2, 0.25) is 5.88 Å². The van der Waals surface area contributed by atoms with E-state index in [1.54, 1.807) is 12.3 Å². The van der Waals surface area contributed by atoms with Gasteiger partial charge in [0.1, 0.15) is 0 Å². The molecule has 0 aliphatic rings. The zero-order valence-electron chi connectivity index (χ0n) is 11.4. The summed E-state index contributed by atoms with van der Waals surface area (Å²) in [5.74, 6) is 0.552. The second-order valence-electron chi connectivity index (χ2n) is 4.20. The molecule has 0 saturated carbocycles. The maximum absolute atomic E-state index is 10.8. The van der Waals surface area contributed by atoms with Crippen LogP contribution in [0.25, 0.3) is 0 Å². The topological polar surface area (TPSA) is 77.3 Å². The number of benzene rings is 1. The first kappa shape index (κ1) is 15.1. The van der Waals surface area contributed by atoms with Gasteiger partial charge < -0.3 is 10.1 Å². The summed E-state index contributed by atoms with van der Waals surface area (Å²) >= 11 is 6.04. The molecule has 0 aliphatic carbocycles. The number of hydrogen-bond donors (Lipinski definition) is 1. The van der Waals surface area contributed by atoms with E-state index in [1.807, 2.05) is 13.0 Å². The van der Waals surface area contributed by atoms with Crippen LogP contribution in [-0.2, 0) is 6.54 Å². The lowest BCUT2D eigenvalue weighted by molar-refractivity contribution is -0.384. The fourth-order valence-corrected chi connectivity index (χ4v) is 1.91. The van der Waals surface area contributed by atoms with Crippen LogP contribution in [-0.4, -0.2) is 16.5 Å². The van der Waals surface area contributed by atoms with Crippen LogP contribution >= 0.6 is 11.6 Å². The fourth-order valence-electron chi connectivity index (χ4n) is 1.73. The van der Waals surface area contributed by atoms with E-state index in [9.17, 15) is 10.1 Å². The molecule has 0 aliphatic heterocycles. The van der Waals surface area contributed by atoms with E-state index in [-0.39, 0.29) is 5.69 Å². The minimum absolute atomic E-state index is 0.0148. The molecule has 0 bridgehead atoms. The zero-order valence-corrected chi connectivity index (χ0v) is 12.1. The van der Waals surface area contributed by atoms with Crippen LogP contribution in [0.3, 0.4) is 0 Å². The number of non-ortho nitro benzene ring substituents is 1. The van der Waals surface area contributed by atoms with Gasteiger partial charge in [0.05, 0.1) is 23.4 Å². The SMILES string of the molecule is CCOc1ccc(NCc2cc([N+](=O)[O-])ccc2Cl)cn1. The van der Waals surface area contributed by atoms with Crippen molar-refractivity contribution in [1.82, 2.24) is 4.98 Å². The van der Waals surface area contributed by atoms with Gasteiger partial charge in [0.25, 0.3) is 5.69 Å². The molecule has 1 N–H and O–H groups in total. The molecule has 110 valence electrons. The van der Waals surface area contributed by atoms with Gasteiger partial charge in [-0.25, -0.2) is 4.98 Å². The highest BCUT2D eigenvalue weighted by molar-refractivity contribution is 6.31. The monoisotopic (exact) mass is 307 g/mol. The van der Waals surface area contributed by atoms with Crippen LogP contribution in [0.2, 0.25) is 5.02 Å². The number of rotatable bonds is 6. The lowest BCUT2D eigenvalue weighted by atomic mass is 10.2. The van der Waals surface area contributed by atoms with Crippen molar-refractivity contribution in [3.05, 3.63) is 57.2 Å². The number of anilines is 1. The van der Waals surface area contributed by atoms with Gasteiger partial charge in [-0.15, -0.1) is 0 Å². The molecule has 21 heavy (non-hydrogen) atoms. The summed E-state index contributed by atoms with van der Waals surface area (Å²) in [4.78, 5) is 14.4. The van der Waals surface area contributed by atoms with E-state index in [4.69, 9.17) is 16.3 Å². The van der Waals surface area contributed by atoms with Crippen LogP contribution in [0.1, 0.15) is 12.5 Å². The molecule has 1 heterocycles. The second-order valence-corrected chi connectivity index (χ2v) is 4.61. The van der Waals surface area contributed by atoms with E-state index in [0.29, 0.717) is 29.6 Å². The molecule has 1 aromatic heterocycles. The highest BCUT2D eigenvalue weighted by Crippen LogP contribution is 2.23. The van der Waals surface area contributed by atoms with Gasteiger partial charge in [0.15, 0.2) is 0 Å². The van der Waals surface area contributed by atoms with Crippen molar-refractivity contribution < 1.29 is 9.66 Å². The molecule has 0 radical (unpaired) electrons. The molecule has 0 unspecified atom stereocenters. The molecular weight excluding hydrogens is 294 g/mol. The van der Waals surface area contributed by atoms with Crippen LogP contribution < -0.4 is 10.1 Å². The van der Waals surface area contributed by atoms with E-state index in [2.05, 4.69) is 10.3 Å². The molecule has 0 fully saturated rings. The minimum atomic E-state index is -0.446. The molecule has 2 aromatic rings. The highest BCUT2D eigenvalue weighted by Gasteiger charge is 2.09. The molecular formula is C14H14ClN3O3. The zero-order chi connectivity index (χ0) is 15.2. The number of nitro groups is 1. The van der Waals surface area contributed by atoms with Crippen molar-refractivity contribution in [1.29, 1.82) is 0 Å². The largest absolute Gasteiger partial charge is 0.478 e. The molecule has 0 atom stereocenters. The first-order valence-corrected chi connectivity index (χ1v) is 6.73. The van der Waals surface area contributed by atoms with Crippen LogP contribution in [0.4, 0.5) is 11.4 Å². The van der Waals surface area contributed by atoms with Crippen molar-refractivity contribution >= 4 is 23.0 Å². The molecule has 0 saturated heterocycles. The standard InChI is InChI=1S/C14H14ClN3O3/c1-2-21-14-6-3-11(9-17-14)16-8-10-7-12(18(19)20)4-5-13(10)15/h3-7,9,16H,2,8H2,1H3. The van der Waals surface area contributed by atoms with Crippen molar-refractivity contribution in [2.75, 3.05) is 11.9 Å². The maximum Gasteiger partial charge on any atom is 0.269 e. The molecule has 2 rings (SSSR count). The van der Waals surface area contributed by atoms with Crippen LogP contribution in [0, 0.1) is 10.1 Å². The Hall–Kier alpha value is -2.34. The van der Waals surface area contributed by atoms with Crippen molar-refractivity contribution in [3.63, 3.8) is 0 Å². The predicted octanol–water partition coefficient (Wildman–Crippen LogP) is 3.65. The van der Waals surface area contributed by atoms with Crippen LogP contribution in [0.5, 0.6) is 5.88 Å². The summed E-state index contributed by atoms with van der Waals surface area (Å²) < 4.78 is 5.25. The third-order valence-electron chi connectivity index (χ3n) is 2.75. The van der Waals surface area contributed by atoms with E-state index in [0.717, 1.165) is 5.69 Å². The molecule has 1 aromatic carbocycles. The Kier molecular flexibility index (Phi) is 4.94. The second kappa shape index (κ2) is 6.90. The number of halogens is 1. The van der Waals surface area contributed by atoms with Gasteiger partial charge in [-0.05, 0) is 24.6 Å². The Morgan fingerprint density at radius 3 is 2.81 bits per heavy atom. The Labute approximate surface area is 126 Å². The number of hydrogen-bond acceptors (Lipinski definition) is 5. The van der Waals surface area contributed by atoms with Crippen molar-refractivity contribution in [2.24, 2.45) is 0 Å². The molecule has 0 amide bonds. The summed E-state index contributed by atoms with van der Waals surface area (Å²) in [6.07, 6.45) is 1.64. The normalized spacial score (nSPS) is 10.2. The number of aromatic nitrogens is 1. The summed E-state index contributed by atoms with van der Waals surface area (Å²) in [5.41, 5.74) is 1.45. The van der Waals surface area contributed by atoms with E-state index < -0.39 is 4.92 Å². The average Bonchev–Trinajstić information content (AvgIpc) is 2.48. The van der Waals surface area contributed by atoms with Gasteiger partial charge in [-0.2, -0.15) is 0 Å². The van der Waals surface area contributed by atoms with E-state index in [1.165, 1.54) is 18.2 Å². The summed E-state index contributed by atoms with van der Waals surface area (Å²) in [6, 6.07) is 7.93. The Balaban J connectivity index is 2.05. The smallest absolute Gasteiger partial charge is 0.269 e. The number of nitrogens with zero attached hydrogens (tertiary/aromatic N) is 2. The van der Waals surface area contributed by atoms with Gasteiger partial charge in [-0.1, -0.05) is 11.6 Å². The quantitative estimate of drug-likeness (QED) is 0.651. The summed E-state index contributed by atoms with van der Waals surface area (Å²) in [6.45, 7) is 2.82. The highest BCUT2D eigenvalue weighted by atomic mass is 35.5. The third kappa shape index (κ3) is 4.06. The molecule has 0 spiro atoms. The number of pyridine rings is 1. The number of nitrogens with one attached hydrogen (secondary N) is 1. The predicted molar refractivity (Wildman–Crippen MR) is 80.8 cm³/mol. The Bertz CT molecular complexity index is 632. The average molecular weight is 308 g/mol. The Morgan fingerprint density at radius 1 is 1.38 bits per heavy atom. The molecule has 7 heteroatoms. The summed E-state index contributed by atoms with van der Waals surface area (Å²) in [7, 11) is 0. The van der Waals surface area contributed by atoms with Gasteiger partial charge in [-0.3, -0.25) is 10.1 Å².